The van der Waals surface area contributed by atoms with Crippen LogP contribution in [-0.4, -0.2) is 41.7 Å². The summed E-state index contributed by atoms with van der Waals surface area (Å²) in [6.45, 7) is 2.00. The van der Waals surface area contributed by atoms with Crippen LogP contribution in [0.3, 0.4) is 0 Å². The smallest absolute Gasteiger partial charge is 0.530 e. The quantitative estimate of drug-likeness (QED) is 0.507. The normalized spacial score (nSPS) is 21.9. The molecule has 0 amide bonds. The third-order valence-corrected chi connectivity index (χ3v) is 2.00. The van der Waals surface area contributed by atoms with Gasteiger partial charge in [0.05, 0.1) is 0 Å². The van der Waals surface area contributed by atoms with E-state index >= 15 is 0 Å². The Balaban J connectivity index is 2.22. The van der Waals surface area contributed by atoms with E-state index in [1.54, 1.807) is 0 Å². The molecular weight excluding hydrogens is 144 g/mol. The summed E-state index contributed by atoms with van der Waals surface area (Å²) in [4.78, 5) is 12.4. The predicted octanol–water partition coefficient (Wildman–Crippen LogP) is -1.34. The van der Waals surface area contributed by atoms with Gasteiger partial charge in [-0.15, -0.1) is 0 Å². The molecule has 4 nitrogen and oxygen atoms in total. The zero-order valence-corrected chi connectivity index (χ0v) is 6.55. The van der Waals surface area contributed by atoms with Gasteiger partial charge in [0.1, 0.15) is 0 Å². The Labute approximate surface area is 66.0 Å². The second-order valence-electron chi connectivity index (χ2n) is 3.04. The summed E-state index contributed by atoms with van der Waals surface area (Å²) in [7, 11) is 0. The molecule has 0 radical (unpaired) electrons. The second kappa shape index (κ2) is 3.69. The highest BCUT2D eigenvalue weighted by molar-refractivity contribution is 5.69. The van der Waals surface area contributed by atoms with Gasteiger partial charge in [-0.05, 0) is 12.8 Å². The summed E-state index contributed by atoms with van der Waals surface area (Å²) in [5.41, 5.74) is 5.67. The van der Waals surface area contributed by atoms with Crippen molar-refractivity contribution in [3.05, 3.63) is 0 Å². The zero-order valence-electron chi connectivity index (χ0n) is 6.55. The van der Waals surface area contributed by atoms with E-state index < -0.39 is 5.97 Å². The SMILES string of the molecule is NC1CCN(CC(=O)[OH2+])CC1. The van der Waals surface area contributed by atoms with E-state index in [1.807, 2.05) is 4.90 Å². The van der Waals surface area contributed by atoms with Gasteiger partial charge in [-0.2, -0.15) is 0 Å². The van der Waals surface area contributed by atoms with Crippen molar-refractivity contribution < 1.29 is 9.90 Å². The van der Waals surface area contributed by atoms with E-state index in [2.05, 4.69) is 0 Å². The van der Waals surface area contributed by atoms with Crippen LogP contribution in [0.25, 0.3) is 0 Å². The molecule has 1 saturated heterocycles. The fraction of sp³-hybridized carbons (Fsp3) is 0.857. The molecule has 0 saturated carbocycles. The lowest BCUT2D eigenvalue weighted by Crippen LogP contribution is -2.41. The Hall–Kier alpha value is -0.610. The number of nitrogens with zero attached hydrogens (tertiary/aromatic N) is 1. The number of hydrogen-bond acceptors (Lipinski definition) is 3. The predicted molar refractivity (Wildman–Crippen MR) is 42.3 cm³/mol. The van der Waals surface area contributed by atoms with Crippen LogP contribution in [0.15, 0.2) is 0 Å². The van der Waals surface area contributed by atoms with Crippen LogP contribution in [0.2, 0.25) is 0 Å². The molecule has 0 unspecified atom stereocenters. The lowest BCUT2D eigenvalue weighted by Gasteiger charge is -2.27. The monoisotopic (exact) mass is 159 g/mol. The fourth-order valence-electron chi connectivity index (χ4n) is 1.31. The zero-order chi connectivity index (χ0) is 8.27. The van der Waals surface area contributed by atoms with Gasteiger partial charge in [0.25, 0.3) is 0 Å². The van der Waals surface area contributed by atoms with Gasteiger partial charge in [-0.3, -0.25) is 4.90 Å². The average molecular weight is 159 g/mol. The summed E-state index contributed by atoms with van der Waals surface area (Å²) in [6, 6.07) is 0.298. The molecule has 0 spiro atoms. The molecule has 0 aromatic heterocycles. The summed E-state index contributed by atoms with van der Waals surface area (Å²) in [5.74, 6) is -0.500. The van der Waals surface area contributed by atoms with Crippen molar-refractivity contribution in [2.75, 3.05) is 19.6 Å². The first kappa shape index (κ1) is 8.49. The minimum atomic E-state index is -0.500. The first-order valence-electron chi connectivity index (χ1n) is 3.91. The maximum atomic E-state index is 10.4. The van der Waals surface area contributed by atoms with Crippen LogP contribution < -0.4 is 5.73 Å². The molecule has 0 atom stereocenters. The summed E-state index contributed by atoms with van der Waals surface area (Å²) < 4.78 is 0. The first-order chi connectivity index (χ1) is 5.18. The van der Waals surface area contributed by atoms with E-state index in [1.165, 1.54) is 0 Å². The van der Waals surface area contributed by atoms with E-state index in [9.17, 15) is 4.79 Å². The molecule has 0 aromatic carbocycles. The number of rotatable bonds is 2. The van der Waals surface area contributed by atoms with Crippen LogP contribution in [0.1, 0.15) is 12.8 Å². The Morgan fingerprint density at radius 1 is 1.55 bits per heavy atom. The molecular formula is C7H15N2O2+. The molecule has 1 rings (SSSR count). The van der Waals surface area contributed by atoms with Crippen LogP contribution >= 0.6 is 0 Å². The maximum Gasteiger partial charge on any atom is 0.530 e. The molecule has 0 aliphatic carbocycles. The molecule has 64 valence electrons. The largest absolute Gasteiger partial charge is 0.564 e. The fourth-order valence-corrected chi connectivity index (χ4v) is 1.31. The maximum absolute atomic E-state index is 10.4. The van der Waals surface area contributed by atoms with E-state index in [0.717, 1.165) is 25.9 Å². The number of nitrogens with two attached hydrogens (primary N) is 1. The van der Waals surface area contributed by atoms with Crippen molar-refractivity contribution in [2.24, 2.45) is 5.73 Å². The first-order valence-corrected chi connectivity index (χ1v) is 3.91. The summed E-state index contributed by atoms with van der Waals surface area (Å²) in [5, 5.41) is 6.75. The molecule has 11 heavy (non-hydrogen) atoms. The van der Waals surface area contributed by atoms with Gasteiger partial charge in [0, 0.05) is 23.9 Å². The van der Waals surface area contributed by atoms with E-state index in [4.69, 9.17) is 10.8 Å². The lowest BCUT2D eigenvalue weighted by atomic mass is 10.1. The number of carbonyl (C=O) groups excluding carboxylic acids is 1. The number of likely N-dealkylation sites (tertiary alicyclic amines) is 1. The molecule has 1 heterocycles. The van der Waals surface area contributed by atoms with Gasteiger partial charge in [-0.1, -0.05) is 0 Å². The van der Waals surface area contributed by atoms with Crippen LogP contribution in [-0.2, 0) is 4.79 Å². The third kappa shape index (κ3) is 2.86. The molecule has 1 aliphatic heterocycles. The summed E-state index contributed by atoms with van der Waals surface area (Å²) in [6.07, 6.45) is 1.90. The van der Waals surface area contributed by atoms with Crippen LogP contribution in [0.4, 0.5) is 0 Å². The van der Waals surface area contributed by atoms with Crippen molar-refractivity contribution >= 4 is 5.97 Å². The lowest BCUT2D eigenvalue weighted by molar-refractivity contribution is -0.138. The van der Waals surface area contributed by atoms with Crippen LogP contribution in [0, 0.1) is 0 Å². The van der Waals surface area contributed by atoms with Crippen LogP contribution in [0.5, 0.6) is 0 Å². The Kier molecular flexibility index (Phi) is 2.84. The molecule has 1 fully saturated rings. The second-order valence-corrected chi connectivity index (χ2v) is 3.04. The highest BCUT2D eigenvalue weighted by atomic mass is 16.4. The molecule has 1 aliphatic rings. The van der Waals surface area contributed by atoms with Gasteiger partial charge in [-0.25, -0.2) is 0 Å². The topological polar surface area (TPSA) is 69.2 Å². The molecule has 4 N–H and O–H groups in total. The minimum absolute atomic E-state index is 0.271. The summed E-state index contributed by atoms with van der Waals surface area (Å²) >= 11 is 0. The van der Waals surface area contributed by atoms with Crippen molar-refractivity contribution in [1.29, 1.82) is 0 Å². The van der Waals surface area contributed by atoms with E-state index in [0.29, 0.717) is 6.04 Å². The highest BCUT2D eigenvalue weighted by Crippen LogP contribution is 2.06. The average Bonchev–Trinajstić information content (AvgIpc) is 1.93. The molecule has 4 heteroatoms. The highest BCUT2D eigenvalue weighted by Gasteiger charge is 2.20. The molecule has 0 bridgehead atoms. The van der Waals surface area contributed by atoms with Gasteiger partial charge in [0.15, 0.2) is 6.54 Å². The number of carbonyl (C=O) groups is 1. The Morgan fingerprint density at radius 3 is 2.55 bits per heavy atom. The van der Waals surface area contributed by atoms with Gasteiger partial charge < -0.3 is 10.8 Å². The van der Waals surface area contributed by atoms with Gasteiger partial charge >= 0.3 is 5.97 Å². The standard InChI is InChI=1S/C7H14N2O2/c8-6-1-3-9(4-2-6)5-7(10)11/h6H,1-5,8H2,(H,10,11)/p+1. The minimum Gasteiger partial charge on any atom is -0.564 e. The van der Waals surface area contributed by atoms with Crippen molar-refractivity contribution in [1.82, 2.24) is 4.90 Å². The van der Waals surface area contributed by atoms with Crippen molar-refractivity contribution in [3.63, 3.8) is 0 Å². The van der Waals surface area contributed by atoms with Crippen molar-refractivity contribution in [2.45, 2.75) is 18.9 Å². The number of piperidine rings is 1. The van der Waals surface area contributed by atoms with Crippen molar-refractivity contribution in [3.8, 4) is 0 Å². The van der Waals surface area contributed by atoms with E-state index in [-0.39, 0.29) is 6.54 Å². The van der Waals surface area contributed by atoms with Gasteiger partial charge in [0.2, 0.25) is 0 Å². The molecule has 0 aromatic rings. The third-order valence-electron chi connectivity index (χ3n) is 2.00. The Morgan fingerprint density at radius 2 is 2.09 bits per heavy atom. The number of hydrogen-bond donors (Lipinski definition) is 1. The Bertz CT molecular complexity index is 141.